The Bertz CT molecular complexity index is 1270. The van der Waals surface area contributed by atoms with Gasteiger partial charge < -0.3 is 14.3 Å². The molecule has 1 spiro atoms. The molecule has 0 unspecified atom stereocenters. The van der Waals surface area contributed by atoms with Crippen LogP contribution in [0.3, 0.4) is 0 Å². The second-order valence-corrected chi connectivity index (χ2v) is 9.21. The number of aromatic nitrogens is 2. The van der Waals surface area contributed by atoms with Crippen molar-refractivity contribution in [3.8, 4) is 5.88 Å². The van der Waals surface area contributed by atoms with Crippen LogP contribution in [0.5, 0.6) is 5.88 Å². The lowest BCUT2D eigenvalue weighted by Crippen LogP contribution is -2.42. The summed E-state index contributed by atoms with van der Waals surface area (Å²) >= 11 is 0. The highest BCUT2D eigenvalue weighted by Gasteiger charge is 2.43. The lowest BCUT2D eigenvalue weighted by atomic mass is 9.84. The van der Waals surface area contributed by atoms with Gasteiger partial charge in [-0.25, -0.2) is 13.8 Å². The van der Waals surface area contributed by atoms with E-state index < -0.39 is 11.6 Å². The Balaban J connectivity index is 1.26. The van der Waals surface area contributed by atoms with Gasteiger partial charge in [0.1, 0.15) is 12.3 Å². The maximum absolute atomic E-state index is 13.8. The van der Waals surface area contributed by atoms with Crippen molar-refractivity contribution in [1.29, 1.82) is 0 Å². The lowest BCUT2D eigenvalue weighted by Gasteiger charge is -2.39. The van der Waals surface area contributed by atoms with E-state index in [4.69, 9.17) is 14.3 Å². The first-order chi connectivity index (χ1) is 18.0. The number of hydrogen-bond donors (Lipinski definition) is 0. The molecular weight excluding hydrogens is 478 g/mol. The van der Waals surface area contributed by atoms with Crippen LogP contribution in [0.4, 0.5) is 8.78 Å². The molecule has 9 heteroatoms. The summed E-state index contributed by atoms with van der Waals surface area (Å²) in [4.78, 5) is 16.5. The van der Waals surface area contributed by atoms with E-state index in [1.165, 1.54) is 11.6 Å². The minimum atomic E-state index is -0.944. The van der Waals surface area contributed by atoms with E-state index in [2.05, 4.69) is 20.0 Å². The lowest BCUT2D eigenvalue weighted by molar-refractivity contribution is -0.0799. The molecule has 0 atom stereocenters. The molecule has 37 heavy (non-hydrogen) atoms. The third kappa shape index (κ3) is 5.33. The summed E-state index contributed by atoms with van der Waals surface area (Å²) in [6, 6.07) is 9.49. The Morgan fingerprint density at radius 1 is 1.03 bits per heavy atom. The Kier molecular flexibility index (Phi) is 7.43. The molecular formula is C28H30F2N4O3. The highest BCUT2D eigenvalue weighted by molar-refractivity contribution is 6.11. The molecule has 3 aromatic rings. The van der Waals surface area contributed by atoms with E-state index in [0.29, 0.717) is 42.7 Å². The molecule has 194 valence electrons. The Morgan fingerprint density at radius 2 is 1.86 bits per heavy atom. The van der Waals surface area contributed by atoms with Gasteiger partial charge in [-0.2, -0.15) is 0 Å². The van der Waals surface area contributed by atoms with E-state index in [9.17, 15) is 8.78 Å². The molecule has 1 saturated heterocycles. The number of rotatable bonds is 8. The van der Waals surface area contributed by atoms with Crippen LogP contribution in [-0.2, 0) is 28.3 Å². The molecule has 0 radical (unpaired) electrons. The molecule has 4 heterocycles. The highest BCUT2D eigenvalue weighted by Crippen LogP contribution is 2.45. The molecule has 2 aromatic heterocycles. The van der Waals surface area contributed by atoms with Crippen molar-refractivity contribution in [2.75, 3.05) is 26.3 Å². The number of benzene rings is 1. The van der Waals surface area contributed by atoms with Crippen LogP contribution < -0.4 is 4.74 Å². The Hall–Kier alpha value is -3.43. The van der Waals surface area contributed by atoms with Crippen LogP contribution >= 0.6 is 0 Å². The summed E-state index contributed by atoms with van der Waals surface area (Å²) in [5.41, 5.74) is 4.39. The number of hydrogen-bond acceptors (Lipinski definition) is 7. The van der Waals surface area contributed by atoms with Crippen molar-refractivity contribution in [2.45, 2.75) is 45.4 Å². The summed E-state index contributed by atoms with van der Waals surface area (Å²) in [6.45, 7) is 7.80. The molecule has 1 fully saturated rings. The predicted octanol–water partition coefficient (Wildman–Crippen LogP) is 4.96. The van der Waals surface area contributed by atoms with Gasteiger partial charge in [-0.1, -0.05) is 11.2 Å². The minimum absolute atomic E-state index is 0.280. The van der Waals surface area contributed by atoms with Gasteiger partial charge in [0.25, 0.3) is 0 Å². The van der Waals surface area contributed by atoms with Crippen molar-refractivity contribution >= 4 is 5.71 Å². The Morgan fingerprint density at radius 3 is 2.57 bits per heavy atom. The van der Waals surface area contributed by atoms with Gasteiger partial charge in [0, 0.05) is 49.2 Å². The van der Waals surface area contributed by atoms with Gasteiger partial charge in [-0.05, 0) is 62.1 Å². The first-order valence-electron chi connectivity index (χ1n) is 12.6. The number of pyridine rings is 2. The summed E-state index contributed by atoms with van der Waals surface area (Å²) in [5, 5.41) is 4.10. The second-order valence-electron chi connectivity index (χ2n) is 9.21. The zero-order valence-electron chi connectivity index (χ0n) is 21.0. The molecule has 0 N–H and O–H groups in total. The van der Waals surface area contributed by atoms with Crippen molar-refractivity contribution < 1.29 is 23.1 Å². The first kappa shape index (κ1) is 25.2. The largest absolute Gasteiger partial charge is 0.478 e. The molecule has 0 amide bonds. The molecule has 0 aliphatic carbocycles. The van der Waals surface area contributed by atoms with E-state index in [1.54, 1.807) is 13.1 Å². The van der Waals surface area contributed by atoms with Crippen LogP contribution in [-0.4, -0.2) is 46.9 Å². The van der Waals surface area contributed by atoms with Crippen LogP contribution in [0.1, 0.15) is 54.6 Å². The fraction of sp³-hybridized carbons (Fsp3) is 0.393. The van der Waals surface area contributed by atoms with Crippen LogP contribution in [0, 0.1) is 11.6 Å². The molecule has 2 aliphatic heterocycles. The van der Waals surface area contributed by atoms with Crippen LogP contribution in [0.25, 0.3) is 0 Å². The number of piperidine rings is 1. The summed E-state index contributed by atoms with van der Waals surface area (Å²) in [6.07, 6.45) is 5.45. The Labute approximate surface area is 215 Å². The summed E-state index contributed by atoms with van der Waals surface area (Å²) < 4.78 is 39.2. The molecule has 0 bridgehead atoms. The molecule has 5 rings (SSSR count). The van der Waals surface area contributed by atoms with E-state index in [0.717, 1.165) is 55.7 Å². The van der Waals surface area contributed by atoms with Crippen LogP contribution in [0.2, 0.25) is 0 Å². The summed E-state index contributed by atoms with van der Waals surface area (Å²) in [7, 11) is 0. The topological polar surface area (TPSA) is 69.1 Å². The quantitative estimate of drug-likeness (QED) is 0.316. The zero-order chi connectivity index (χ0) is 25.8. The average molecular weight is 509 g/mol. The van der Waals surface area contributed by atoms with Gasteiger partial charge >= 0.3 is 0 Å². The maximum atomic E-state index is 13.8. The first-order valence-corrected chi connectivity index (χ1v) is 12.6. The van der Waals surface area contributed by atoms with Crippen molar-refractivity contribution in [2.24, 2.45) is 5.16 Å². The van der Waals surface area contributed by atoms with Crippen molar-refractivity contribution in [3.63, 3.8) is 0 Å². The maximum Gasteiger partial charge on any atom is 0.213 e. The smallest absolute Gasteiger partial charge is 0.213 e. The fourth-order valence-electron chi connectivity index (χ4n) is 4.95. The average Bonchev–Trinajstić information content (AvgIpc) is 3.26. The standard InChI is InChI=1S/C28H30F2N4O3/c1-3-35-26-14-22-21(16-32-26)18-36-28(22)9-11-34(12-10-28)17-19-5-8-25(31-15-19)27(33-37-4-2)20-6-7-23(29)24(30)13-20/h5-8,13-16H,3-4,9-12,17-18H2,1-2H3. The molecule has 7 nitrogen and oxygen atoms in total. The third-order valence-corrected chi connectivity index (χ3v) is 6.86. The van der Waals surface area contributed by atoms with Crippen molar-refractivity contribution in [3.05, 3.63) is 88.4 Å². The SMILES string of the molecule is CCON=C(c1ccc(F)c(F)c1)c1ccc(CN2CCC3(CC2)OCc2cnc(OCC)cc23)cn1. The number of fused-ring (bicyclic) bond motifs is 2. The van der Waals surface area contributed by atoms with Gasteiger partial charge in [-0.3, -0.25) is 9.88 Å². The third-order valence-electron chi connectivity index (χ3n) is 6.86. The van der Waals surface area contributed by atoms with Crippen molar-refractivity contribution in [1.82, 2.24) is 14.9 Å². The summed E-state index contributed by atoms with van der Waals surface area (Å²) in [5.74, 6) is -1.21. The molecule has 1 aromatic carbocycles. The van der Waals surface area contributed by atoms with Gasteiger partial charge in [0.05, 0.1) is 24.5 Å². The highest BCUT2D eigenvalue weighted by atomic mass is 19.2. The normalized spacial score (nSPS) is 17.1. The van der Waals surface area contributed by atoms with Crippen LogP contribution in [0.15, 0.2) is 53.9 Å². The van der Waals surface area contributed by atoms with Gasteiger partial charge in [0.15, 0.2) is 11.6 Å². The fourth-order valence-corrected chi connectivity index (χ4v) is 4.95. The zero-order valence-corrected chi connectivity index (χ0v) is 21.0. The number of likely N-dealkylation sites (tertiary alicyclic amines) is 1. The minimum Gasteiger partial charge on any atom is -0.478 e. The second kappa shape index (κ2) is 10.9. The molecule has 0 saturated carbocycles. The van der Waals surface area contributed by atoms with Gasteiger partial charge in [0.2, 0.25) is 5.88 Å². The number of nitrogens with zero attached hydrogens (tertiary/aromatic N) is 4. The predicted molar refractivity (Wildman–Crippen MR) is 134 cm³/mol. The van der Waals surface area contributed by atoms with E-state index in [1.807, 2.05) is 31.3 Å². The number of ether oxygens (including phenoxy) is 2. The van der Waals surface area contributed by atoms with E-state index in [-0.39, 0.29) is 5.60 Å². The van der Waals surface area contributed by atoms with Gasteiger partial charge in [-0.15, -0.1) is 0 Å². The monoisotopic (exact) mass is 508 g/mol. The van der Waals surface area contributed by atoms with E-state index >= 15 is 0 Å². The molecule has 2 aliphatic rings. The number of halogens is 2. The number of oxime groups is 1.